The highest BCUT2D eigenvalue weighted by atomic mass is 16.3. The Bertz CT molecular complexity index is 374. The van der Waals surface area contributed by atoms with Crippen LogP contribution in [0, 0.1) is 5.92 Å². The van der Waals surface area contributed by atoms with Crippen LogP contribution in [0.4, 0.5) is 10.5 Å². The zero-order chi connectivity index (χ0) is 13.5. The van der Waals surface area contributed by atoms with Gasteiger partial charge < -0.3 is 15.7 Å². The van der Waals surface area contributed by atoms with Gasteiger partial charge in [0.05, 0.1) is 18.0 Å². The molecule has 0 saturated carbocycles. The molecule has 0 aliphatic rings. The summed E-state index contributed by atoms with van der Waals surface area (Å²) in [6, 6.07) is -0.278. The zero-order valence-corrected chi connectivity index (χ0v) is 11.2. The van der Waals surface area contributed by atoms with Crippen molar-refractivity contribution in [3.8, 4) is 0 Å². The molecule has 1 aromatic heterocycles. The SMILES string of the molecule is CC(C)Cn1cc(NC(=O)NCCC(C)O)cn1. The van der Waals surface area contributed by atoms with Crippen molar-refractivity contribution in [2.24, 2.45) is 5.92 Å². The molecule has 0 aromatic carbocycles. The van der Waals surface area contributed by atoms with Crippen molar-refractivity contribution in [3.05, 3.63) is 12.4 Å². The van der Waals surface area contributed by atoms with Gasteiger partial charge in [0.25, 0.3) is 0 Å². The predicted molar refractivity (Wildman–Crippen MR) is 70.4 cm³/mol. The Morgan fingerprint density at radius 2 is 2.22 bits per heavy atom. The zero-order valence-electron chi connectivity index (χ0n) is 11.2. The van der Waals surface area contributed by atoms with E-state index in [1.54, 1.807) is 24.0 Å². The number of aromatic nitrogens is 2. The van der Waals surface area contributed by atoms with E-state index in [1.807, 2.05) is 0 Å². The lowest BCUT2D eigenvalue weighted by atomic mass is 10.2. The molecule has 6 nitrogen and oxygen atoms in total. The summed E-state index contributed by atoms with van der Waals surface area (Å²) < 4.78 is 1.80. The molecule has 3 N–H and O–H groups in total. The topological polar surface area (TPSA) is 79.2 Å². The van der Waals surface area contributed by atoms with Gasteiger partial charge in [0, 0.05) is 19.3 Å². The van der Waals surface area contributed by atoms with E-state index >= 15 is 0 Å². The van der Waals surface area contributed by atoms with Gasteiger partial charge >= 0.3 is 6.03 Å². The van der Waals surface area contributed by atoms with Gasteiger partial charge in [0.1, 0.15) is 0 Å². The fraction of sp³-hybridized carbons (Fsp3) is 0.667. The second-order valence-electron chi connectivity index (χ2n) is 4.86. The van der Waals surface area contributed by atoms with Gasteiger partial charge in [-0.3, -0.25) is 4.68 Å². The Labute approximate surface area is 107 Å². The number of amides is 2. The van der Waals surface area contributed by atoms with E-state index in [4.69, 9.17) is 5.11 Å². The minimum Gasteiger partial charge on any atom is -0.393 e. The molecule has 0 radical (unpaired) electrons. The van der Waals surface area contributed by atoms with Crippen LogP contribution < -0.4 is 10.6 Å². The smallest absolute Gasteiger partial charge is 0.319 e. The summed E-state index contributed by atoms with van der Waals surface area (Å²) in [4.78, 5) is 11.5. The number of aliphatic hydroxyl groups is 1. The second-order valence-corrected chi connectivity index (χ2v) is 4.86. The van der Waals surface area contributed by atoms with Gasteiger partial charge in [-0.2, -0.15) is 5.10 Å². The maximum Gasteiger partial charge on any atom is 0.319 e. The molecule has 18 heavy (non-hydrogen) atoms. The molecule has 1 rings (SSSR count). The van der Waals surface area contributed by atoms with Crippen molar-refractivity contribution >= 4 is 11.7 Å². The molecule has 102 valence electrons. The molecule has 0 aliphatic carbocycles. The second kappa shape index (κ2) is 7.00. The normalized spacial score (nSPS) is 12.5. The third-order valence-corrected chi connectivity index (χ3v) is 2.29. The number of rotatable bonds is 6. The van der Waals surface area contributed by atoms with Crippen molar-refractivity contribution in [2.75, 3.05) is 11.9 Å². The molecule has 0 bridgehead atoms. The number of anilines is 1. The molecule has 1 atom stereocenters. The largest absolute Gasteiger partial charge is 0.393 e. The number of hydrogen-bond donors (Lipinski definition) is 3. The number of hydrogen-bond acceptors (Lipinski definition) is 3. The molecule has 0 fully saturated rings. The van der Waals surface area contributed by atoms with E-state index < -0.39 is 6.10 Å². The van der Waals surface area contributed by atoms with Crippen LogP contribution in [0.1, 0.15) is 27.2 Å². The third-order valence-electron chi connectivity index (χ3n) is 2.29. The summed E-state index contributed by atoms with van der Waals surface area (Å²) >= 11 is 0. The molecule has 2 amide bonds. The van der Waals surface area contributed by atoms with Gasteiger partial charge in [-0.1, -0.05) is 13.8 Å². The summed E-state index contributed by atoms with van der Waals surface area (Å²) in [7, 11) is 0. The van der Waals surface area contributed by atoms with E-state index in [0.717, 1.165) is 6.54 Å². The van der Waals surface area contributed by atoms with Crippen molar-refractivity contribution in [1.29, 1.82) is 0 Å². The fourth-order valence-electron chi connectivity index (χ4n) is 1.47. The average Bonchev–Trinajstić information content (AvgIpc) is 2.63. The molecular formula is C12H22N4O2. The first-order chi connectivity index (χ1) is 8.47. The van der Waals surface area contributed by atoms with Gasteiger partial charge in [0.15, 0.2) is 0 Å². The Hall–Kier alpha value is -1.56. The van der Waals surface area contributed by atoms with Gasteiger partial charge in [-0.25, -0.2) is 4.79 Å². The molecule has 1 unspecified atom stereocenters. The van der Waals surface area contributed by atoms with Gasteiger partial charge in [-0.05, 0) is 19.3 Å². The Balaban J connectivity index is 2.33. The van der Waals surface area contributed by atoms with E-state index in [0.29, 0.717) is 24.6 Å². The van der Waals surface area contributed by atoms with Crippen LogP contribution in [0.5, 0.6) is 0 Å². The molecule has 0 saturated heterocycles. The van der Waals surface area contributed by atoms with Gasteiger partial charge in [0.2, 0.25) is 0 Å². The van der Waals surface area contributed by atoms with Gasteiger partial charge in [-0.15, -0.1) is 0 Å². The van der Waals surface area contributed by atoms with E-state index in [-0.39, 0.29) is 6.03 Å². The summed E-state index contributed by atoms with van der Waals surface area (Å²) in [6.45, 7) is 7.18. The maximum atomic E-state index is 11.5. The average molecular weight is 254 g/mol. The van der Waals surface area contributed by atoms with Crippen LogP contribution in [0.2, 0.25) is 0 Å². The molecular weight excluding hydrogens is 232 g/mol. The number of carbonyl (C=O) groups excluding carboxylic acids is 1. The van der Waals surface area contributed by atoms with Crippen molar-refractivity contribution in [1.82, 2.24) is 15.1 Å². The number of carbonyl (C=O) groups is 1. The minimum atomic E-state index is -0.404. The fourth-order valence-corrected chi connectivity index (χ4v) is 1.47. The first kappa shape index (κ1) is 14.5. The maximum absolute atomic E-state index is 11.5. The van der Waals surface area contributed by atoms with Crippen LogP contribution in [-0.4, -0.2) is 33.6 Å². The predicted octanol–water partition coefficient (Wildman–Crippen LogP) is 1.43. The van der Waals surface area contributed by atoms with Crippen molar-refractivity contribution in [3.63, 3.8) is 0 Å². The first-order valence-electron chi connectivity index (χ1n) is 6.22. The van der Waals surface area contributed by atoms with E-state index in [9.17, 15) is 4.79 Å². The van der Waals surface area contributed by atoms with E-state index in [1.165, 1.54) is 0 Å². The summed E-state index contributed by atoms with van der Waals surface area (Å²) in [5, 5.41) is 18.6. The quantitative estimate of drug-likeness (QED) is 0.718. The lowest BCUT2D eigenvalue weighted by Gasteiger charge is -2.07. The molecule has 1 heterocycles. The minimum absolute atomic E-state index is 0.278. The lowest BCUT2D eigenvalue weighted by Crippen LogP contribution is -2.30. The monoisotopic (exact) mass is 254 g/mol. The molecule has 6 heteroatoms. The van der Waals surface area contributed by atoms with Crippen LogP contribution in [0.3, 0.4) is 0 Å². The number of aliphatic hydroxyl groups excluding tert-OH is 1. The number of urea groups is 1. The highest BCUT2D eigenvalue weighted by molar-refractivity contribution is 5.88. The van der Waals surface area contributed by atoms with Crippen LogP contribution >= 0.6 is 0 Å². The van der Waals surface area contributed by atoms with Crippen molar-refractivity contribution in [2.45, 2.75) is 39.8 Å². The Kier molecular flexibility index (Phi) is 5.64. The van der Waals surface area contributed by atoms with Crippen LogP contribution in [-0.2, 0) is 6.54 Å². The lowest BCUT2D eigenvalue weighted by molar-refractivity contribution is 0.184. The Morgan fingerprint density at radius 1 is 1.50 bits per heavy atom. The van der Waals surface area contributed by atoms with Crippen LogP contribution in [0.15, 0.2) is 12.4 Å². The molecule has 1 aromatic rings. The Morgan fingerprint density at radius 3 is 2.83 bits per heavy atom. The standard InChI is InChI=1S/C12H22N4O2/c1-9(2)7-16-8-11(6-14-16)15-12(18)13-5-4-10(3)17/h6,8-10,17H,4-5,7H2,1-3H3,(H2,13,15,18). The van der Waals surface area contributed by atoms with E-state index in [2.05, 4.69) is 29.6 Å². The third kappa shape index (κ3) is 5.67. The highest BCUT2D eigenvalue weighted by Crippen LogP contribution is 2.06. The number of nitrogens with zero attached hydrogens (tertiary/aromatic N) is 2. The molecule has 0 aliphatic heterocycles. The summed E-state index contributed by atoms with van der Waals surface area (Å²) in [5.74, 6) is 0.512. The molecule has 0 spiro atoms. The summed E-state index contributed by atoms with van der Waals surface area (Å²) in [6.07, 6.45) is 3.56. The van der Waals surface area contributed by atoms with Crippen LogP contribution in [0.25, 0.3) is 0 Å². The highest BCUT2D eigenvalue weighted by Gasteiger charge is 2.05. The first-order valence-corrected chi connectivity index (χ1v) is 6.22. The van der Waals surface area contributed by atoms with Crippen molar-refractivity contribution < 1.29 is 9.90 Å². The number of nitrogens with one attached hydrogen (secondary N) is 2. The summed E-state index contributed by atoms with van der Waals surface area (Å²) in [5.41, 5.74) is 0.671.